The maximum absolute atomic E-state index is 13.8. The van der Waals surface area contributed by atoms with E-state index in [1.807, 2.05) is 32.9 Å². The van der Waals surface area contributed by atoms with Crippen LogP contribution in [0.5, 0.6) is 0 Å². The Morgan fingerprint density at radius 3 is 2.39 bits per heavy atom. The van der Waals surface area contributed by atoms with Gasteiger partial charge in [0.05, 0.1) is 10.9 Å². The van der Waals surface area contributed by atoms with Gasteiger partial charge in [0.1, 0.15) is 0 Å². The summed E-state index contributed by atoms with van der Waals surface area (Å²) in [5, 5.41) is 6.81. The van der Waals surface area contributed by atoms with E-state index < -0.39 is 10.0 Å². The molecule has 0 bridgehead atoms. The number of benzene rings is 2. The van der Waals surface area contributed by atoms with Crippen molar-refractivity contribution in [2.45, 2.75) is 116 Å². The lowest BCUT2D eigenvalue weighted by Gasteiger charge is -2.35. The van der Waals surface area contributed by atoms with E-state index in [0.717, 1.165) is 55.3 Å². The average Bonchev–Trinajstić information content (AvgIpc) is 2.81. The predicted octanol–water partition coefficient (Wildman–Crippen LogP) is 5.63. The standard InChI is InChI=1S/C31H45N3O3S/c1-21-16-22(2)30(23(3)17-21)38(36,37)34-15-8-7-11-26(34)19-29(35)33-28-12-9-10-25-18-24(13-14-27(25)28)20-32-31(4,5)6/h13-14,16-18,26,28,32H,7-12,15,19-20H2,1-6H3,(H,33,35)/t26-,28+/m0/s1. The second-order valence-electron chi connectivity index (χ2n) is 12.3. The van der Waals surface area contributed by atoms with Gasteiger partial charge in [-0.25, -0.2) is 8.42 Å². The van der Waals surface area contributed by atoms with Crippen LogP contribution in [0, 0.1) is 20.8 Å². The summed E-state index contributed by atoms with van der Waals surface area (Å²) in [5.74, 6) is -0.0641. The van der Waals surface area contributed by atoms with Gasteiger partial charge in [0.25, 0.3) is 0 Å². The molecule has 0 spiro atoms. The number of nitrogens with zero attached hydrogens (tertiary/aromatic N) is 1. The van der Waals surface area contributed by atoms with Gasteiger partial charge in [0.15, 0.2) is 0 Å². The molecule has 1 fully saturated rings. The summed E-state index contributed by atoms with van der Waals surface area (Å²) in [6, 6.07) is 10.1. The lowest BCUT2D eigenvalue weighted by molar-refractivity contribution is -0.123. The first-order chi connectivity index (χ1) is 17.8. The molecule has 1 aliphatic heterocycles. The summed E-state index contributed by atoms with van der Waals surface area (Å²) in [6.07, 6.45) is 5.63. The number of hydrogen-bond acceptors (Lipinski definition) is 4. The average molecular weight is 540 g/mol. The third kappa shape index (κ3) is 6.67. The molecule has 0 unspecified atom stereocenters. The van der Waals surface area contributed by atoms with Crippen LogP contribution in [0.3, 0.4) is 0 Å². The molecular formula is C31H45N3O3S. The first-order valence-corrected chi connectivity index (χ1v) is 15.5. The molecule has 2 aliphatic rings. The van der Waals surface area contributed by atoms with Crippen molar-refractivity contribution in [3.05, 3.63) is 63.7 Å². The highest BCUT2D eigenvalue weighted by Gasteiger charge is 2.36. The lowest BCUT2D eigenvalue weighted by Crippen LogP contribution is -2.46. The van der Waals surface area contributed by atoms with Crippen molar-refractivity contribution >= 4 is 15.9 Å². The van der Waals surface area contributed by atoms with Crippen molar-refractivity contribution in [1.29, 1.82) is 0 Å². The highest BCUT2D eigenvalue weighted by Crippen LogP contribution is 2.33. The number of amides is 1. The summed E-state index contributed by atoms with van der Waals surface area (Å²) in [4.78, 5) is 13.7. The van der Waals surface area contributed by atoms with Crippen molar-refractivity contribution in [1.82, 2.24) is 14.9 Å². The molecule has 1 saturated heterocycles. The second-order valence-corrected chi connectivity index (χ2v) is 14.2. The van der Waals surface area contributed by atoms with Crippen molar-refractivity contribution < 1.29 is 13.2 Å². The van der Waals surface area contributed by atoms with Crippen LogP contribution in [-0.2, 0) is 27.8 Å². The topological polar surface area (TPSA) is 78.5 Å². The number of hydrogen-bond donors (Lipinski definition) is 2. The van der Waals surface area contributed by atoms with Gasteiger partial charge < -0.3 is 10.6 Å². The van der Waals surface area contributed by atoms with Gasteiger partial charge >= 0.3 is 0 Å². The molecule has 0 saturated carbocycles. The molecule has 4 rings (SSSR count). The highest BCUT2D eigenvalue weighted by molar-refractivity contribution is 7.89. The molecule has 2 atom stereocenters. The summed E-state index contributed by atoms with van der Waals surface area (Å²) in [5.41, 5.74) is 6.42. The molecule has 208 valence electrons. The van der Waals surface area contributed by atoms with E-state index in [9.17, 15) is 13.2 Å². The molecule has 0 aromatic heterocycles. The fourth-order valence-corrected chi connectivity index (χ4v) is 8.26. The SMILES string of the molecule is Cc1cc(C)c(S(=O)(=O)N2CCCC[C@H]2CC(=O)N[C@@H]2CCCc3cc(CNC(C)(C)C)ccc32)c(C)c1. The number of carbonyl (C=O) groups is 1. The molecule has 1 heterocycles. The normalized spacial score (nSPS) is 20.7. The summed E-state index contributed by atoms with van der Waals surface area (Å²) in [6.45, 7) is 13.5. The van der Waals surface area contributed by atoms with Gasteiger partial charge in [-0.15, -0.1) is 0 Å². The van der Waals surface area contributed by atoms with Crippen LogP contribution in [0.2, 0.25) is 0 Å². The Bertz CT molecular complexity index is 1260. The van der Waals surface area contributed by atoms with E-state index in [1.54, 1.807) is 4.31 Å². The summed E-state index contributed by atoms with van der Waals surface area (Å²) in [7, 11) is -3.69. The van der Waals surface area contributed by atoms with E-state index in [2.05, 4.69) is 49.6 Å². The molecule has 1 amide bonds. The number of nitrogens with one attached hydrogen (secondary N) is 2. The first-order valence-electron chi connectivity index (χ1n) is 14.1. The maximum atomic E-state index is 13.8. The number of aryl methyl sites for hydroxylation is 4. The smallest absolute Gasteiger partial charge is 0.243 e. The number of rotatable bonds is 7. The second kappa shape index (κ2) is 11.5. The van der Waals surface area contributed by atoms with Crippen molar-refractivity contribution in [3.63, 3.8) is 0 Å². The van der Waals surface area contributed by atoms with Crippen LogP contribution in [-0.4, -0.2) is 36.8 Å². The number of carbonyl (C=O) groups excluding carboxylic acids is 1. The largest absolute Gasteiger partial charge is 0.349 e. The van der Waals surface area contributed by atoms with Gasteiger partial charge in [0.2, 0.25) is 15.9 Å². The zero-order valence-corrected chi connectivity index (χ0v) is 24.8. The third-order valence-electron chi connectivity index (χ3n) is 7.85. The Kier molecular flexibility index (Phi) is 8.70. The van der Waals surface area contributed by atoms with Crippen molar-refractivity contribution in [2.24, 2.45) is 0 Å². The van der Waals surface area contributed by atoms with Gasteiger partial charge in [-0.05, 0) is 101 Å². The fourth-order valence-electron chi connectivity index (χ4n) is 6.15. The van der Waals surface area contributed by atoms with Crippen LogP contribution in [0.25, 0.3) is 0 Å². The Morgan fingerprint density at radius 1 is 1.00 bits per heavy atom. The Hall–Kier alpha value is -2.22. The number of sulfonamides is 1. The van der Waals surface area contributed by atoms with Gasteiger partial charge in [-0.1, -0.05) is 42.3 Å². The molecule has 7 heteroatoms. The molecule has 0 radical (unpaired) electrons. The molecule has 6 nitrogen and oxygen atoms in total. The fraction of sp³-hybridized carbons (Fsp3) is 0.581. The predicted molar refractivity (Wildman–Crippen MR) is 154 cm³/mol. The molecule has 2 aromatic carbocycles. The quantitative estimate of drug-likeness (QED) is 0.478. The van der Waals surface area contributed by atoms with Crippen LogP contribution in [0.15, 0.2) is 35.2 Å². The molecule has 1 aliphatic carbocycles. The lowest BCUT2D eigenvalue weighted by atomic mass is 9.86. The van der Waals surface area contributed by atoms with Crippen LogP contribution in [0.1, 0.15) is 98.7 Å². The van der Waals surface area contributed by atoms with Crippen LogP contribution < -0.4 is 10.6 Å². The highest BCUT2D eigenvalue weighted by atomic mass is 32.2. The minimum absolute atomic E-state index is 0.0221. The van der Waals surface area contributed by atoms with Crippen LogP contribution in [0.4, 0.5) is 0 Å². The Labute approximate surface area is 229 Å². The minimum Gasteiger partial charge on any atom is -0.349 e. The van der Waals surface area contributed by atoms with Crippen LogP contribution >= 0.6 is 0 Å². The van der Waals surface area contributed by atoms with E-state index in [4.69, 9.17) is 0 Å². The molecule has 2 aromatic rings. The summed E-state index contributed by atoms with van der Waals surface area (Å²) >= 11 is 0. The monoisotopic (exact) mass is 539 g/mol. The molecule has 38 heavy (non-hydrogen) atoms. The third-order valence-corrected chi connectivity index (χ3v) is 10.1. The number of fused-ring (bicyclic) bond motifs is 1. The first kappa shape index (κ1) is 28.8. The molecular weight excluding hydrogens is 494 g/mol. The van der Waals surface area contributed by atoms with E-state index >= 15 is 0 Å². The Balaban J connectivity index is 1.47. The van der Waals surface area contributed by atoms with Gasteiger partial charge in [0, 0.05) is 31.1 Å². The Morgan fingerprint density at radius 2 is 1.71 bits per heavy atom. The van der Waals surface area contributed by atoms with Crippen molar-refractivity contribution in [2.75, 3.05) is 6.54 Å². The van der Waals surface area contributed by atoms with Gasteiger partial charge in [-0.2, -0.15) is 4.31 Å². The van der Waals surface area contributed by atoms with E-state index in [0.29, 0.717) is 17.9 Å². The van der Waals surface area contributed by atoms with E-state index in [1.165, 1.54) is 16.7 Å². The van der Waals surface area contributed by atoms with Crippen molar-refractivity contribution in [3.8, 4) is 0 Å². The zero-order chi connectivity index (χ0) is 27.7. The number of piperidine rings is 1. The molecule has 2 N–H and O–H groups in total. The zero-order valence-electron chi connectivity index (χ0n) is 24.0. The maximum Gasteiger partial charge on any atom is 0.243 e. The van der Waals surface area contributed by atoms with Gasteiger partial charge in [-0.3, -0.25) is 4.79 Å². The summed E-state index contributed by atoms with van der Waals surface area (Å²) < 4.78 is 29.2. The van der Waals surface area contributed by atoms with E-state index in [-0.39, 0.29) is 30.0 Å². The minimum atomic E-state index is -3.69.